The van der Waals surface area contributed by atoms with Gasteiger partial charge >= 0.3 is 0 Å². The van der Waals surface area contributed by atoms with Crippen LogP contribution in [-0.4, -0.2) is 24.9 Å². The molecule has 7 heteroatoms. The van der Waals surface area contributed by atoms with Crippen molar-refractivity contribution in [1.82, 2.24) is 19.7 Å². The third-order valence-electron chi connectivity index (χ3n) is 1.80. The second-order valence-corrected chi connectivity index (χ2v) is 4.01. The molecule has 2 rings (SSSR count). The van der Waals surface area contributed by atoms with Crippen LogP contribution in [0.4, 0.5) is 0 Å². The molecule has 0 amide bonds. The van der Waals surface area contributed by atoms with E-state index in [0.717, 1.165) is 0 Å². The van der Waals surface area contributed by atoms with Crippen molar-refractivity contribution in [3.05, 3.63) is 26.2 Å². The lowest BCUT2D eigenvalue weighted by Crippen LogP contribution is -2.12. The number of nitrogens with one attached hydrogen (secondary N) is 1. The number of H-pyrrole nitrogens is 1. The van der Waals surface area contributed by atoms with Gasteiger partial charge in [0.25, 0.3) is 5.56 Å². The van der Waals surface area contributed by atoms with Crippen LogP contribution >= 0.6 is 22.6 Å². The van der Waals surface area contributed by atoms with E-state index in [1.54, 1.807) is 46.6 Å². The van der Waals surface area contributed by atoms with Gasteiger partial charge < -0.3 is 10.1 Å². The van der Waals surface area contributed by atoms with Crippen LogP contribution in [0.25, 0.3) is 11.5 Å². The number of rotatable bonds is 1. The quantitative estimate of drug-likeness (QED) is 0.749. The zero-order valence-corrected chi connectivity index (χ0v) is 9.89. The predicted molar refractivity (Wildman–Crippen MR) is 61.4 cm³/mol. The van der Waals surface area contributed by atoms with Crippen molar-refractivity contribution in [1.29, 1.82) is 0 Å². The van der Waals surface area contributed by atoms with E-state index < -0.39 is 0 Å². The summed E-state index contributed by atoms with van der Waals surface area (Å²) >= 11 is 1.73. The standard InChI is InChI=1S/C8H7IN4O2/c1-13-3-2-4(12-13)6-10-7(14)5(9)8(15)11-6/h2-3H,1H3,(H2,10,11,14,15). The van der Waals surface area contributed by atoms with E-state index in [-0.39, 0.29) is 20.8 Å². The first-order valence-corrected chi connectivity index (χ1v) is 5.14. The van der Waals surface area contributed by atoms with Gasteiger partial charge in [0.1, 0.15) is 9.26 Å². The highest BCUT2D eigenvalue weighted by molar-refractivity contribution is 14.1. The molecule has 0 saturated carbocycles. The smallest absolute Gasteiger partial charge is 0.268 e. The van der Waals surface area contributed by atoms with Crippen molar-refractivity contribution < 1.29 is 5.11 Å². The number of nitrogens with zero attached hydrogens (tertiary/aromatic N) is 3. The Morgan fingerprint density at radius 2 is 2.33 bits per heavy atom. The van der Waals surface area contributed by atoms with Crippen molar-refractivity contribution in [2.24, 2.45) is 7.05 Å². The maximum absolute atomic E-state index is 11.3. The summed E-state index contributed by atoms with van der Waals surface area (Å²) in [7, 11) is 1.76. The summed E-state index contributed by atoms with van der Waals surface area (Å²) in [6.07, 6.45) is 1.73. The minimum Gasteiger partial charge on any atom is -0.492 e. The third kappa shape index (κ3) is 1.87. The van der Waals surface area contributed by atoms with Gasteiger partial charge in [0.15, 0.2) is 5.82 Å². The molecule has 0 aromatic carbocycles. The van der Waals surface area contributed by atoms with E-state index >= 15 is 0 Å². The summed E-state index contributed by atoms with van der Waals surface area (Å²) < 4.78 is 1.76. The summed E-state index contributed by atoms with van der Waals surface area (Å²) in [5, 5.41) is 13.4. The van der Waals surface area contributed by atoms with Crippen molar-refractivity contribution >= 4 is 22.6 Å². The Hall–Kier alpha value is -1.38. The number of aromatic nitrogens is 4. The molecular formula is C8H7IN4O2. The second kappa shape index (κ2) is 3.65. The predicted octanol–water partition coefficient (Wildman–Crippen LogP) is 0.481. The lowest BCUT2D eigenvalue weighted by Gasteiger charge is -1.98. The summed E-state index contributed by atoms with van der Waals surface area (Å²) in [6.45, 7) is 0. The van der Waals surface area contributed by atoms with Gasteiger partial charge in [-0.25, -0.2) is 0 Å². The maximum atomic E-state index is 11.3. The highest BCUT2D eigenvalue weighted by Crippen LogP contribution is 2.16. The topological polar surface area (TPSA) is 83.8 Å². The van der Waals surface area contributed by atoms with Crippen LogP contribution < -0.4 is 5.56 Å². The fourth-order valence-corrected chi connectivity index (χ4v) is 1.37. The zero-order valence-electron chi connectivity index (χ0n) is 7.73. The van der Waals surface area contributed by atoms with Crippen LogP contribution in [0.1, 0.15) is 0 Å². The molecule has 2 N–H and O–H groups in total. The van der Waals surface area contributed by atoms with Gasteiger partial charge in [-0.2, -0.15) is 10.1 Å². The Balaban J connectivity index is 2.60. The number of aromatic amines is 1. The Morgan fingerprint density at radius 3 is 2.87 bits per heavy atom. The lowest BCUT2D eigenvalue weighted by molar-refractivity contribution is 0.447. The minimum absolute atomic E-state index is 0.173. The summed E-state index contributed by atoms with van der Waals surface area (Å²) in [5.41, 5.74) is 0.144. The Morgan fingerprint density at radius 1 is 1.60 bits per heavy atom. The van der Waals surface area contributed by atoms with Gasteiger partial charge in [-0.15, -0.1) is 0 Å². The van der Waals surface area contributed by atoms with Gasteiger partial charge in [-0.1, -0.05) is 0 Å². The minimum atomic E-state index is -0.372. The number of aromatic hydroxyl groups is 1. The van der Waals surface area contributed by atoms with Gasteiger partial charge in [-0.3, -0.25) is 9.48 Å². The van der Waals surface area contributed by atoms with Crippen molar-refractivity contribution in [2.75, 3.05) is 0 Å². The van der Waals surface area contributed by atoms with E-state index in [1.807, 2.05) is 0 Å². The molecule has 0 aliphatic rings. The molecule has 78 valence electrons. The molecule has 0 aliphatic heterocycles. The largest absolute Gasteiger partial charge is 0.492 e. The third-order valence-corrected chi connectivity index (χ3v) is 2.77. The maximum Gasteiger partial charge on any atom is 0.268 e. The van der Waals surface area contributed by atoms with Gasteiger partial charge in [0, 0.05) is 13.2 Å². The van der Waals surface area contributed by atoms with E-state index in [1.165, 1.54) is 0 Å². The Kier molecular flexibility index (Phi) is 2.47. The van der Waals surface area contributed by atoms with Crippen LogP contribution in [0.3, 0.4) is 0 Å². The molecule has 0 spiro atoms. The van der Waals surface area contributed by atoms with Gasteiger partial charge in [-0.05, 0) is 28.7 Å². The normalized spacial score (nSPS) is 10.5. The molecule has 0 unspecified atom stereocenters. The average Bonchev–Trinajstić information content (AvgIpc) is 2.60. The summed E-state index contributed by atoms with van der Waals surface area (Å²) in [5.74, 6) is -0.0153. The first kappa shape index (κ1) is 10.1. The van der Waals surface area contributed by atoms with E-state index in [9.17, 15) is 9.90 Å². The first-order chi connectivity index (χ1) is 7.08. The molecule has 2 aromatic heterocycles. The number of hydrogen-bond acceptors (Lipinski definition) is 4. The van der Waals surface area contributed by atoms with E-state index in [0.29, 0.717) is 5.69 Å². The fraction of sp³-hybridized carbons (Fsp3) is 0.125. The first-order valence-electron chi connectivity index (χ1n) is 4.06. The SMILES string of the molecule is Cn1ccc(-c2nc(O)c(I)c(=O)[nH]2)n1. The number of aryl methyl sites for hydroxylation is 1. The van der Waals surface area contributed by atoms with Crippen LogP contribution in [-0.2, 0) is 7.05 Å². The summed E-state index contributed by atoms with van der Waals surface area (Å²) in [4.78, 5) is 17.7. The molecule has 0 bridgehead atoms. The Bertz CT molecular complexity index is 560. The molecule has 6 nitrogen and oxygen atoms in total. The van der Waals surface area contributed by atoms with Crippen molar-refractivity contribution in [3.63, 3.8) is 0 Å². The van der Waals surface area contributed by atoms with Crippen molar-refractivity contribution in [3.8, 4) is 17.4 Å². The van der Waals surface area contributed by atoms with Crippen LogP contribution in [0.5, 0.6) is 5.88 Å². The van der Waals surface area contributed by atoms with Crippen molar-refractivity contribution in [2.45, 2.75) is 0 Å². The second-order valence-electron chi connectivity index (χ2n) is 2.93. The number of halogens is 1. The summed E-state index contributed by atoms with van der Waals surface area (Å²) in [6, 6.07) is 1.70. The molecule has 0 aliphatic carbocycles. The number of hydrogen-bond donors (Lipinski definition) is 2. The van der Waals surface area contributed by atoms with E-state index in [4.69, 9.17) is 0 Å². The molecule has 0 fully saturated rings. The van der Waals surface area contributed by atoms with Crippen LogP contribution in [0, 0.1) is 3.57 Å². The molecule has 0 saturated heterocycles. The molecule has 15 heavy (non-hydrogen) atoms. The zero-order chi connectivity index (χ0) is 11.0. The van der Waals surface area contributed by atoms with Crippen LogP contribution in [0.2, 0.25) is 0 Å². The molecule has 2 heterocycles. The van der Waals surface area contributed by atoms with Gasteiger partial charge in [0.2, 0.25) is 5.88 Å². The molecule has 0 atom stereocenters. The van der Waals surface area contributed by atoms with E-state index in [2.05, 4.69) is 15.1 Å². The highest BCUT2D eigenvalue weighted by Gasteiger charge is 2.10. The lowest BCUT2D eigenvalue weighted by atomic mass is 10.4. The molecular weight excluding hydrogens is 311 g/mol. The van der Waals surface area contributed by atoms with Gasteiger partial charge in [0.05, 0.1) is 0 Å². The monoisotopic (exact) mass is 318 g/mol. The highest BCUT2D eigenvalue weighted by atomic mass is 127. The molecule has 2 aromatic rings. The Labute approximate surface area is 98.1 Å². The molecule has 0 radical (unpaired) electrons. The van der Waals surface area contributed by atoms with Crippen LogP contribution in [0.15, 0.2) is 17.1 Å². The average molecular weight is 318 g/mol. The fourth-order valence-electron chi connectivity index (χ4n) is 1.11.